The maximum absolute atomic E-state index is 13.0. The molecule has 0 spiro atoms. The Morgan fingerprint density at radius 2 is 1.52 bits per heavy atom. The Labute approximate surface area is 249 Å². The molecule has 0 aliphatic rings. The molecule has 0 bridgehead atoms. The maximum Gasteiger partial charge on any atom is 0.338 e. The van der Waals surface area contributed by atoms with Crippen LogP contribution in [0.5, 0.6) is 0 Å². The van der Waals surface area contributed by atoms with Gasteiger partial charge in [-0.25, -0.2) is 23.2 Å². The molecule has 1 amide bonds. The first kappa shape index (κ1) is 28.4. The number of hydrogen-bond acceptors (Lipinski definition) is 11. The Balaban J connectivity index is 1.14. The summed E-state index contributed by atoms with van der Waals surface area (Å²) in [5, 5.41) is 6.21. The molecule has 0 fully saturated rings. The molecule has 44 heavy (non-hydrogen) atoms. The standard InChI is InChI=1S/C30H23N5O8S/c1-17-15-26(34-43-17)35-44(38,39)21-10-8-20(9-11-21)31-29(36)18(2)42-30(37)19-7-12-22-23(16-19)33-28(25-6-4-14-41-25)27(32-22)24-5-3-13-40-24/h3-16,18H,1-2H3,(H,31,36)(H,34,35). The van der Waals surface area contributed by atoms with Crippen molar-refractivity contribution in [2.24, 2.45) is 0 Å². The van der Waals surface area contributed by atoms with Gasteiger partial charge in [0.15, 0.2) is 23.4 Å². The Hall–Kier alpha value is -5.76. The zero-order valence-electron chi connectivity index (χ0n) is 23.2. The SMILES string of the molecule is Cc1cc(NS(=O)(=O)c2ccc(NC(=O)C(C)OC(=O)c3ccc4nc(-c5ccco5)c(-c5ccco5)nc4c3)cc2)no1. The molecule has 0 aliphatic heterocycles. The summed E-state index contributed by atoms with van der Waals surface area (Å²) in [4.78, 5) is 35.0. The summed E-state index contributed by atoms with van der Waals surface area (Å²) in [6.07, 6.45) is 1.87. The topological polar surface area (TPSA) is 180 Å². The van der Waals surface area contributed by atoms with Gasteiger partial charge in [0.05, 0.1) is 34.0 Å². The van der Waals surface area contributed by atoms with Gasteiger partial charge in [0, 0.05) is 11.8 Å². The van der Waals surface area contributed by atoms with Gasteiger partial charge < -0.3 is 23.4 Å². The van der Waals surface area contributed by atoms with Crippen molar-refractivity contribution in [3.05, 3.63) is 96.6 Å². The van der Waals surface area contributed by atoms with Gasteiger partial charge in [-0.2, -0.15) is 0 Å². The number of sulfonamides is 1. The Bertz CT molecular complexity index is 2070. The molecule has 1 unspecified atom stereocenters. The maximum atomic E-state index is 13.0. The van der Waals surface area contributed by atoms with E-state index in [1.165, 1.54) is 61.9 Å². The normalized spacial score (nSPS) is 12.1. The number of aromatic nitrogens is 3. The van der Waals surface area contributed by atoms with Crippen molar-refractivity contribution in [2.75, 3.05) is 10.0 Å². The zero-order chi connectivity index (χ0) is 30.8. The van der Waals surface area contributed by atoms with E-state index < -0.39 is 28.0 Å². The van der Waals surface area contributed by atoms with Gasteiger partial charge in [-0.15, -0.1) is 0 Å². The van der Waals surface area contributed by atoms with Crippen molar-refractivity contribution in [3.8, 4) is 22.9 Å². The van der Waals surface area contributed by atoms with Crippen LogP contribution < -0.4 is 10.0 Å². The van der Waals surface area contributed by atoms with Crippen LogP contribution in [0.1, 0.15) is 23.0 Å². The smallest absolute Gasteiger partial charge is 0.338 e. The summed E-state index contributed by atoms with van der Waals surface area (Å²) in [5.41, 5.74) is 2.27. The van der Waals surface area contributed by atoms with Crippen LogP contribution in [-0.2, 0) is 19.6 Å². The molecular weight excluding hydrogens is 590 g/mol. The fourth-order valence-electron chi connectivity index (χ4n) is 4.21. The van der Waals surface area contributed by atoms with Crippen LogP contribution in [0.2, 0.25) is 0 Å². The molecule has 4 aromatic heterocycles. The third-order valence-electron chi connectivity index (χ3n) is 6.36. The fraction of sp³-hybridized carbons (Fsp3) is 0.100. The lowest BCUT2D eigenvalue weighted by Gasteiger charge is -2.14. The highest BCUT2D eigenvalue weighted by Crippen LogP contribution is 2.32. The molecule has 0 saturated heterocycles. The second-order valence-electron chi connectivity index (χ2n) is 9.57. The van der Waals surface area contributed by atoms with E-state index in [0.29, 0.717) is 45.4 Å². The van der Waals surface area contributed by atoms with E-state index in [0.717, 1.165) is 0 Å². The number of rotatable bonds is 9. The van der Waals surface area contributed by atoms with E-state index in [1.807, 2.05) is 0 Å². The fourth-order valence-corrected chi connectivity index (χ4v) is 5.19. The van der Waals surface area contributed by atoms with E-state index >= 15 is 0 Å². The van der Waals surface area contributed by atoms with Crippen LogP contribution in [0.4, 0.5) is 11.5 Å². The summed E-state index contributed by atoms with van der Waals surface area (Å²) in [5.74, 6) is 0.101. The minimum Gasteiger partial charge on any atom is -0.463 e. The van der Waals surface area contributed by atoms with Crippen molar-refractivity contribution in [1.29, 1.82) is 0 Å². The number of carbonyl (C=O) groups excluding carboxylic acids is 2. The Morgan fingerprint density at radius 1 is 0.864 bits per heavy atom. The lowest BCUT2D eigenvalue weighted by molar-refractivity contribution is -0.123. The monoisotopic (exact) mass is 613 g/mol. The predicted molar refractivity (Wildman–Crippen MR) is 157 cm³/mol. The summed E-state index contributed by atoms with van der Waals surface area (Å²) in [6.45, 7) is 3.05. The van der Waals surface area contributed by atoms with Crippen LogP contribution in [0.3, 0.4) is 0 Å². The van der Waals surface area contributed by atoms with Crippen molar-refractivity contribution in [3.63, 3.8) is 0 Å². The van der Waals surface area contributed by atoms with Crippen LogP contribution in [0.25, 0.3) is 33.9 Å². The number of aryl methyl sites for hydroxylation is 1. The van der Waals surface area contributed by atoms with Crippen molar-refractivity contribution >= 4 is 44.4 Å². The summed E-state index contributed by atoms with van der Waals surface area (Å²) >= 11 is 0. The molecule has 13 nitrogen and oxygen atoms in total. The number of anilines is 2. The number of nitrogens with one attached hydrogen (secondary N) is 2. The molecule has 4 heterocycles. The molecule has 222 valence electrons. The highest BCUT2D eigenvalue weighted by Gasteiger charge is 2.22. The first-order valence-corrected chi connectivity index (χ1v) is 14.6. The number of esters is 1. The molecule has 0 radical (unpaired) electrons. The molecule has 6 rings (SSSR count). The van der Waals surface area contributed by atoms with Crippen LogP contribution in [0.15, 0.2) is 104 Å². The highest BCUT2D eigenvalue weighted by molar-refractivity contribution is 7.92. The van der Waals surface area contributed by atoms with E-state index in [4.69, 9.17) is 18.1 Å². The third kappa shape index (κ3) is 5.91. The molecule has 0 aliphatic carbocycles. The molecular formula is C30H23N5O8S. The summed E-state index contributed by atoms with van der Waals surface area (Å²) in [7, 11) is -3.93. The van der Waals surface area contributed by atoms with Gasteiger partial charge >= 0.3 is 5.97 Å². The first-order valence-electron chi connectivity index (χ1n) is 13.1. The van der Waals surface area contributed by atoms with Gasteiger partial charge in [-0.1, -0.05) is 5.16 Å². The van der Waals surface area contributed by atoms with Gasteiger partial charge in [-0.05, 0) is 80.6 Å². The summed E-state index contributed by atoms with van der Waals surface area (Å²) < 4.78 is 48.8. The molecule has 14 heteroatoms. The molecule has 2 N–H and O–H groups in total. The number of benzene rings is 2. The number of furan rings is 2. The lowest BCUT2D eigenvalue weighted by atomic mass is 10.1. The number of amides is 1. The number of fused-ring (bicyclic) bond motifs is 1. The number of carbonyl (C=O) groups is 2. The van der Waals surface area contributed by atoms with E-state index in [1.54, 1.807) is 37.3 Å². The summed E-state index contributed by atoms with van der Waals surface area (Å²) in [6, 6.07) is 18.5. The highest BCUT2D eigenvalue weighted by atomic mass is 32.2. The van der Waals surface area contributed by atoms with Gasteiger partial charge in [0.2, 0.25) is 0 Å². The lowest BCUT2D eigenvalue weighted by Crippen LogP contribution is -2.30. The zero-order valence-corrected chi connectivity index (χ0v) is 24.0. The Kier molecular flexibility index (Phi) is 7.41. The van der Waals surface area contributed by atoms with Crippen molar-refractivity contribution < 1.29 is 36.1 Å². The number of ether oxygens (including phenoxy) is 1. The second-order valence-corrected chi connectivity index (χ2v) is 11.3. The van der Waals surface area contributed by atoms with Crippen molar-refractivity contribution in [2.45, 2.75) is 24.8 Å². The predicted octanol–water partition coefficient (Wildman–Crippen LogP) is 5.43. The molecule has 1 atom stereocenters. The first-order chi connectivity index (χ1) is 21.2. The van der Waals surface area contributed by atoms with Crippen LogP contribution >= 0.6 is 0 Å². The molecule has 0 saturated carbocycles. The number of nitrogens with zero attached hydrogens (tertiary/aromatic N) is 3. The van der Waals surface area contributed by atoms with E-state index in [2.05, 4.69) is 25.2 Å². The van der Waals surface area contributed by atoms with Gasteiger partial charge in [0.1, 0.15) is 17.1 Å². The van der Waals surface area contributed by atoms with E-state index in [9.17, 15) is 18.0 Å². The van der Waals surface area contributed by atoms with Gasteiger partial charge in [0.25, 0.3) is 15.9 Å². The largest absolute Gasteiger partial charge is 0.463 e. The minimum absolute atomic E-state index is 0.0468. The van der Waals surface area contributed by atoms with E-state index in [-0.39, 0.29) is 16.3 Å². The molecule has 2 aromatic carbocycles. The van der Waals surface area contributed by atoms with Crippen LogP contribution in [-0.4, -0.2) is 41.5 Å². The Morgan fingerprint density at radius 3 is 2.11 bits per heavy atom. The number of hydrogen-bond donors (Lipinski definition) is 2. The average Bonchev–Trinajstić information content (AvgIpc) is 3.80. The average molecular weight is 614 g/mol. The minimum atomic E-state index is -3.93. The van der Waals surface area contributed by atoms with Gasteiger partial charge in [-0.3, -0.25) is 9.52 Å². The quantitative estimate of drug-likeness (QED) is 0.199. The second kappa shape index (κ2) is 11.5. The van der Waals surface area contributed by atoms with Crippen molar-refractivity contribution in [1.82, 2.24) is 15.1 Å². The van der Waals surface area contributed by atoms with Crippen LogP contribution in [0, 0.1) is 6.92 Å². The third-order valence-corrected chi connectivity index (χ3v) is 7.73. The molecule has 6 aromatic rings.